The summed E-state index contributed by atoms with van der Waals surface area (Å²) in [6.45, 7) is 7.72. The second-order valence-corrected chi connectivity index (χ2v) is 10.1. The first-order valence-electron chi connectivity index (χ1n) is 12.1. The number of aliphatic hydroxyl groups excluding tert-OH is 1. The van der Waals surface area contributed by atoms with E-state index in [1.165, 1.54) is 0 Å². The van der Waals surface area contributed by atoms with Crippen molar-refractivity contribution >= 4 is 34.9 Å². The first kappa shape index (κ1) is 25.2. The second kappa shape index (κ2) is 11.2. The number of aryl methyl sites for hydroxylation is 1. The first-order chi connectivity index (χ1) is 16.3. The molecule has 2 saturated heterocycles. The summed E-state index contributed by atoms with van der Waals surface area (Å²) in [6, 6.07) is 6.11. The third kappa shape index (κ3) is 6.00. The van der Waals surface area contributed by atoms with Crippen LogP contribution >= 0.6 is 23.2 Å². The van der Waals surface area contributed by atoms with E-state index in [0.717, 1.165) is 69.4 Å². The van der Waals surface area contributed by atoms with Crippen LogP contribution in [0.2, 0.25) is 10.0 Å². The normalized spacial score (nSPS) is 18.3. The molecule has 1 aromatic carbocycles. The Bertz CT molecular complexity index is 1020. The zero-order valence-corrected chi connectivity index (χ0v) is 21.4. The number of anilines is 1. The molecule has 1 amide bonds. The molecular formula is C25H33Cl2N5O2. The monoisotopic (exact) mass is 505 g/mol. The van der Waals surface area contributed by atoms with Crippen molar-refractivity contribution < 1.29 is 9.90 Å². The summed E-state index contributed by atoms with van der Waals surface area (Å²) >= 11 is 12.1. The summed E-state index contributed by atoms with van der Waals surface area (Å²) < 4.78 is 0. The van der Waals surface area contributed by atoms with Crippen LogP contribution in [0.25, 0.3) is 0 Å². The number of aliphatic hydroxyl groups is 1. The Kier molecular flexibility index (Phi) is 8.30. The lowest BCUT2D eigenvalue weighted by atomic mass is 9.98. The lowest BCUT2D eigenvalue weighted by Gasteiger charge is -2.41. The van der Waals surface area contributed by atoms with Crippen molar-refractivity contribution in [2.45, 2.75) is 58.1 Å². The van der Waals surface area contributed by atoms with Crippen molar-refractivity contribution in [1.82, 2.24) is 19.8 Å². The summed E-state index contributed by atoms with van der Waals surface area (Å²) in [6.07, 6.45) is 4.20. The molecule has 0 atom stereocenters. The Morgan fingerprint density at radius 1 is 1.06 bits per heavy atom. The molecule has 34 heavy (non-hydrogen) atoms. The Morgan fingerprint density at radius 3 is 2.44 bits per heavy atom. The average Bonchev–Trinajstić information content (AvgIpc) is 2.83. The Hall–Kier alpha value is -1.93. The number of benzene rings is 1. The number of likely N-dealkylation sites (tertiary alicyclic amines) is 2. The summed E-state index contributed by atoms with van der Waals surface area (Å²) in [4.78, 5) is 26.8. The van der Waals surface area contributed by atoms with Crippen LogP contribution in [0, 0.1) is 13.8 Å². The quantitative estimate of drug-likeness (QED) is 0.614. The van der Waals surface area contributed by atoms with Crippen LogP contribution in [-0.4, -0.2) is 75.7 Å². The van der Waals surface area contributed by atoms with E-state index in [1.54, 1.807) is 6.07 Å². The van der Waals surface area contributed by atoms with E-state index in [1.807, 2.05) is 30.9 Å². The molecule has 2 N–H and O–H groups in total. The lowest BCUT2D eigenvalue weighted by Crippen LogP contribution is -2.49. The molecule has 3 heterocycles. The van der Waals surface area contributed by atoms with Gasteiger partial charge in [0, 0.05) is 44.3 Å². The highest BCUT2D eigenvalue weighted by atomic mass is 35.5. The van der Waals surface area contributed by atoms with Gasteiger partial charge < -0.3 is 20.2 Å². The summed E-state index contributed by atoms with van der Waals surface area (Å²) in [7, 11) is 0. The van der Waals surface area contributed by atoms with Crippen molar-refractivity contribution in [1.29, 1.82) is 0 Å². The smallest absolute Gasteiger partial charge is 0.272 e. The van der Waals surface area contributed by atoms with Gasteiger partial charge >= 0.3 is 0 Å². The van der Waals surface area contributed by atoms with Crippen molar-refractivity contribution in [2.75, 3.05) is 38.0 Å². The van der Waals surface area contributed by atoms with E-state index >= 15 is 0 Å². The number of amides is 1. The van der Waals surface area contributed by atoms with Gasteiger partial charge in [0.15, 0.2) is 0 Å². The first-order valence-corrected chi connectivity index (χ1v) is 12.8. The highest BCUT2D eigenvalue weighted by molar-refractivity contribution is 6.42. The highest BCUT2D eigenvalue weighted by Crippen LogP contribution is 2.25. The van der Waals surface area contributed by atoms with Crippen LogP contribution in [0.15, 0.2) is 18.2 Å². The minimum Gasteiger partial charge on any atom is -0.393 e. The van der Waals surface area contributed by atoms with Crippen LogP contribution < -0.4 is 5.32 Å². The number of carbonyl (C=O) groups is 1. The number of hydrogen-bond acceptors (Lipinski definition) is 6. The van der Waals surface area contributed by atoms with E-state index in [-0.39, 0.29) is 12.0 Å². The molecule has 2 aliphatic heterocycles. The van der Waals surface area contributed by atoms with Crippen LogP contribution in [0.3, 0.4) is 0 Å². The number of piperidine rings is 2. The van der Waals surface area contributed by atoms with Gasteiger partial charge in [-0.15, -0.1) is 0 Å². The molecule has 4 rings (SSSR count). The van der Waals surface area contributed by atoms with E-state index < -0.39 is 0 Å². The summed E-state index contributed by atoms with van der Waals surface area (Å²) in [5, 5.41) is 14.2. The Morgan fingerprint density at radius 2 is 1.76 bits per heavy atom. The van der Waals surface area contributed by atoms with Crippen molar-refractivity contribution in [3.05, 3.63) is 50.9 Å². The van der Waals surface area contributed by atoms with Gasteiger partial charge in [0.25, 0.3) is 5.91 Å². The van der Waals surface area contributed by atoms with Crippen molar-refractivity contribution in [2.24, 2.45) is 0 Å². The topological polar surface area (TPSA) is 81.6 Å². The van der Waals surface area contributed by atoms with Crippen molar-refractivity contribution in [3.8, 4) is 0 Å². The van der Waals surface area contributed by atoms with Gasteiger partial charge in [-0.1, -0.05) is 29.3 Å². The standard InChI is InChI=1S/C25H33Cl2N5O2/c1-16-23(25(34)32-11-6-19(7-12-32)31-13-8-20(33)9-14-31)29-17(2)30-24(16)28-10-5-18-3-4-21(26)22(27)15-18/h3-4,15,19-20,33H,5-14H2,1-2H3,(H,28,29,30). The third-order valence-electron chi connectivity index (χ3n) is 6.92. The van der Waals surface area contributed by atoms with E-state index in [0.29, 0.717) is 40.0 Å². The van der Waals surface area contributed by atoms with Gasteiger partial charge in [-0.3, -0.25) is 4.79 Å². The fourth-order valence-electron chi connectivity index (χ4n) is 4.86. The summed E-state index contributed by atoms with van der Waals surface area (Å²) in [5.74, 6) is 1.24. The minimum absolute atomic E-state index is 0.0250. The zero-order valence-electron chi connectivity index (χ0n) is 19.9. The Labute approximate surface area is 211 Å². The number of nitrogens with one attached hydrogen (secondary N) is 1. The third-order valence-corrected chi connectivity index (χ3v) is 7.66. The van der Waals surface area contributed by atoms with Crippen molar-refractivity contribution in [3.63, 3.8) is 0 Å². The molecule has 2 fully saturated rings. The predicted octanol–water partition coefficient (Wildman–Crippen LogP) is 4.12. The highest BCUT2D eigenvalue weighted by Gasteiger charge is 2.30. The lowest BCUT2D eigenvalue weighted by molar-refractivity contribution is 0.0355. The fraction of sp³-hybridized carbons (Fsp3) is 0.560. The van der Waals surface area contributed by atoms with Gasteiger partial charge in [0.1, 0.15) is 17.3 Å². The molecule has 2 aromatic rings. The molecule has 1 aromatic heterocycles. The molecule has 2 aliphatic rings. The van der Waals surface area contributed by atoms with Gasteiger partial charge in [0.2, 0.25) is 0 Å². The van der Waals surface area contributed by atoms with Crippen LogP contribution in [0.1, 0.15) is 53.1 Å². The number of rotatable bonds is 6. The SMILES string of the molecule is Cc1nc(NCCc2ccc(Cl)c(Cl)c2)c(C)c(C(=O)N2CCC(N3CCC(O)CC3)CC2)n1. The van der Waals surface area contributed by atoms with Crippen LogP contribution in [-0.2, 0) is 6.42 Å². The molecule has 0 unspecified atom stereocenters. The predicted molar refractivity (Wildman–Crippen MR) is 136 cm³/mol. The molecule has 0 saturated carbocycles. The van der Waals surface area contributed by atoms with E-state index in [4.69, 9.17) is 23.2 Å². The maximum absolute atomic E-state index is 13.3. The zero-order chi connectivity index (χ0) is 24.2. The second-order valence-electron chi connectivity index (χ2n) is 9.31. The van der Waals surface area contributed by atoms with Gasteiger partial charge in [0.05, 0.1) is 16.1 Å². The van der Waals surface area contributed by atoms with Gasteiger partial charge in [-0.2, -0.15) is 0 Å². The number of hydrogen-bond donors (Lipinski definition) is 2. The van der Waals surface area contributed by atoms with E-state index in [2.05, 4.69) is 20.2 Å². The average molecular weight is 506 g/mol. The van der Waals surface area contributed by atoms with Gasteiger partial charge in [-0.25, -0.2) is 9.97 Å². The maximum atomic E-state index is 13.3. The van der Waals surface area contributed by atoms with E-state index in [9.17, 15) is 9.90 Å². The molecule has 9 heteroatoms. The van der Waals surface area contributed by atoms with Gasteiger partial charge in [-0.05, 0) is 63.6 Å². The molecule has 0 bridgehead atoms. The molecule has 184 valence electrons. The van der Waals surface area contributed by atoms with Crippen LogP contribution in [0.5, 0.6) is 0 Å². The van der Waals surface area contributed by atoms with Crippen LogP contribution in [0.4, 0.5) is 5.82 Å². The minimum atomic E-state index is -0.159. The number of nitrogens with zero attached hydrogens (tertiary/aromatic N) is 4. The Balaban J connectivity index is 1.36. The maximum Gasteiger partial charge on any atom is 0.272 e. The molecule has 7 nitrogen and oxygen atoms in total. The largest absolute Gasteiger partial charge is 0.393 e. The number of carbonyl (C=O) groups excluding carboxylic acids is 1. The summed E-state index contributed by atoms with van der Waals surface area (Å²) in [5.41, 5.74) is 2.33. The number of halogens is 2. The fourth-order valence-corrected chi connectivity index (χ4v) is 5.18. The molecule has 0 aliphatic carbocycles. The molecule has 0 radical (unpaired) electrons. The molecule has 0 spiro atoms. The molecular weight excluding hydrogens is 473 g/mol. The number of aromatic nitrogens is 2.